The molecule has 33 heavy (non-hydrogen) atoms. The van der Waals surface area contributed by atoms with E-state index in [0.29, 0.717) is 39.6 Å². The van der Waals surface area contributed by atoms with Gasteiger partial charge in [0.25, 0.3) is 0 Å². The van der Waals surface area contributed by atoms with E-state index in [9.17, 15) is 9.59 Å². The molecule has 0 aromatic heterocycles. The Bertz CT molecular complexity index is 1190. The van der Waals surface area contributed by atoms with Gasteiger partial charge in [-0.3, -0.25) is 14.5 Å². The van der Waals surface area contributed by atoms with Crippen LogP contribution < -0.4 is 5.32 Å². The van der Waals surface area contributed by atoms with Gasteiger partial charge in [-0.05, 0) is 42.3 Å². The third-order valence-corrected chi connectivity index (χ3v) is 6.82. The zero-order valence-corrected chi connectivity index (χ0v) is 19.9. The third-order valence-electron chi connectivity index (χ3n) is 5.06. The molecule has 2 amide bonds. The number of rotatable bonds is 6. The van der Waals surface area contributed by atoms with Crippen LogP contribution in [0.4, 0.5) is 11.4 Å². The fraction of sp³-hybridized carbons (Fsp3) is 0.160. The highest BCUT2D eigenvalue weighted by molar-refractivity contribution is 8.15. The second-order valence-corrected chi connectivity index (χ2v) is 9.45. The van der Waals surface area contributed by atoms with Crippen molar-refractivity contribution in [1.82, 2.24) is 4.90 Å². The topological polar surface area (TPSA) is 61.8 Å². The number of benzene rings is 3. The number of hydrogen-bond donors (Lipinski definition) is 1. The number of amidine groups is 1. The molecular formula is C25H21Cl2N3O2S. The summed E-state index contributed by atoms with van der Waals surface area (Å²) >= 11 is 13.6. The summed E-state index contributed by atoms with van der Waals surface area (Å²) < 4.78 is 0. The van der Waals surface area contributed by atoms with Crippen LogP contribution in [0.1, 0.15) is 12.0 Å². The van der Waals surface area contributed by atoms with Gasteiger partial charge in [-0.15, -0.1) is 0 Å². The number of hydrogen-bond acceptors (Lipinski definition) is 4. The van der Waals surface area contributed by atoms with Crippen molar-refractivity contribution in [2.45, 2.75) is 18.1 Å². The Kier molecular flexibility index (Phi) is 7.70. The zero-order valence-electron chi connectivity index (χ0n) is 17.6. The average Bonchev–Trinajstić information content (AvgIpc) is 2.80. The molecule has 3 aromatic carbocycles. The molecule has 1 N–H and O–H groups in total. The van der Waals surface area contributed by atoms with Crippen LogP contribution in [0.5, 0.6) is 0 Å². The van der Waals surface area contributed by atoms with Crippen LogP contribution in [0.15, 0.2) is 83.9 Å². The molecule has 1 aliphatic heterocycles. The van der Waals surface area contributed by atoms with Crippen LogP contribution >= 0.6 is 35.0 Å². The van der Waals surface area contributed by atoms with Crippen LogP contribution in [0, 0.1) is 0 Å². The number of nitrogens with zero attached hydrogens (tertiary/aromatic N) is 2. The van der Waals surface area contributed by atoms with E-state index >= 15 is 0 Å². The lowest BCUT2D eigenvalue weighted by molar-refractivity contribution is -0.129. The van der Waals surface area contributed by atoms with E-state index < -0.39 is 5.25 Å². The highest BCUT2D eigenvalue weighted by Gasteiger charge is 2.36. The third kappa shape index (κ3) is 6.16. The van der Waals surface area contributed by atoms with Crippen LogP contribution in [-0.2, 0) is 16.0 Å². The maximum atomic E-state index is 13.1. The predicted molar refractivity (Wildman–Crippen MR) is 136 cm³/mol. The molecule has 3 aromatic rings. The molecule has 8 heteroatoms. The first-order valence-corrected chi connectivity index (χ1v) is 12.0. The Morgan fingerprint density at radius 3 is 2.55 bits per heavy atom. The van der Waals surface area contributed by atoms with E-state index in [1.54, 1.807) is 47.4 Å². The van der Waals surface area contributed by atoms with E-state index in [0.717, 1.165) is 5.56 Å². The maximum absolute atomic E-state index is 13.1. The van der Waals surface area contributed by atoms with Gasteiger partial charge >= 0.3 is 0 Å². The second-order valence-electron chi connectivity index (χ2n) is 7.43. The van der Waals surface area contributed by atoms with Gasteiger partial charge in [0.15, 0.2) is 5.17 Å². The molecule has 1 saturated heterocycles. The van der Waals surface area contributed by atoms with E-state index in [2.05, 4.69) is 10.3 Å². The summed E-state index contributed by atoms with van der Waals surface area (Å²) in [6, 6.07) is 24.0. The smallest absolute Gasteiger partial charge is 0.238 e. The largest absolute Gasteiger partial charge is 0.324 e. The summed E-state index contributed by atoms with van der Waals surface area (Å²) in [7, 11) is 0. The number of nitrogens with one attached hydrogen (secondary N) is 1. The number of anilines is 1. The molecule has 168 valence electrons. The van der Waals surface area contributed by atoms with Crippen molar-refractivity contribution in [2.24, 2.45) is 4.99 Å². The highest BCUT2D eigenvalue weighted by Crippen LogP contribution is 2.31. The Balaban J connectivity index is 1.57. The van der Waals surface area contributed by atoms with Crippen LogP contribution in [-0.4, -0.2) is 33.7 Å². The lowest BCUT2D eigenvalue weighted by Gasteiger charge is -2.32. The summed E-state index contributed by atoms with van der Waals surface area (Å²) in [5, 5.41) is 3.67. The van der Waals surface area contributed by atoms with E-state index in [-0.39, 0.29) is 18.2 Å². The summed E-state index contributed by atoms with van der Waals surface area (Å²) in [6.07, 6.45) is 0.752. The van der Waals surface area contributed by atoms with Crippen molar-refractivity contribution < 1.29 is 9.59 Å². The summed E-state index contributed by atoms with van der Waals surface area (Å²) in [5.74, 6) is -0.437. The molecule has 0 saturated carbocycles. The number of thioether (sulfide) groups is 1. The van der Waals surface area contributed by atoms with Crippen molar-refractivity contribution in [3.63, 3.8) is 0 Å². The monoisotopic (exact) mass is 497 g/mol. The Labute approximate surface area is 206 Å². The molecule has 1 aliphatic rings. The maximum Gasteiger partial charge on any atom is 0.238 e. The van der Waals surface area contributed by atoms with Gasteiger partial charge in [-0.1, -0.05) is 83.5 Å². The first-order valence-electron chi connectivity index (χ1n) is 10.4. The van der Waals surface area contributed by atoms with E-state index in [1.807, 2.05) is 36.4 Å². The minimum atomic E-state index is -0.625. The summed E-state index contributed by atoms with van der Waals surface area (Å²) in [4.78, 5) is 32.4. The van der Waals surface area contributed by atoms with Gasteiger partial charge in [0.1, 0.15) is 5.25 Å². The van der Waals surface area contributed by atoms with Crippen LogP contribution in [0.3, 0.4) is 0 Å². The Morgan fingerprint density at radius 1 is 1.03 bits per heavy atom. The van der Waals surface area contributed by atoms with Gasteiger partial charge in [0.2, 0.25) is 11.8 Å². The van der Waals surface area contributed by atoms with Gasteiger partial charge in [-0.2, -0.15) is 0 Å². The molecule has 5 nitrogen and oxygen atoms in total. The minimum absolute atomic E-state index is 0.0737. The normalized spacial score (nSPS) is 17.3. The van der Waals surface area contributed by atoms with E-state index in [4.69, 9.17) is 23.2 Å². The standard InChI is InChI=1S/C25H21Cl2N3O2S/c26-18-9-6-10-19(15-18)28-25-30(14-13-17-7-2-1-3-8-17)23(31)16-22(33-25)24(32)29-21-12-5-4-11-20(21)27/h1-12,15,22H,13-14,16H2,(H,29,32). The average molecular weight is 498 g/mol. The molecule has 0 aliphatic carbocycles. The highest BCUT2D eigenvalue weighted by atomic mass is 35.5. The van der Waals surface area contributed by atoms with Crippen molar-refractivity contribution >= 4 is 63.3 Å². The van der Waals surface area contributed by atoms with Crippen molar-refractivity contribution in [1.29, 1.82) is 0 Å². The molecule has 4 rings (SSSR count). The minimum Gasteiger partial charge on any atom is -0.324 e. The summed E-state index contributed by atoms with van der Waals surface area (Å²) in [5.41, 5.74) is 2.25. The van der Waals surface area contributed by atoms with Gasteiger partial charge in [0, 0.05) is 18.0 Å². The molecule has 0 spiro atoms. The SMILES string of the molecule is O=C(Nc1ccccc1Cl)C1CC(=O)N(CCc2ccccc2)C(=Nc2cccc(Cl)c2)S1. The molecular weight excluding hydrogens is 477 g/mol. The first-order chi connectivity index (χ1) is 16.0. The first kappa shape index (κ1) is 23.4. The quantitative estimate of drug-likeness (QED) is 0.441. The predicted octanol–water partition coefficient (Wildman–Crippen LogP) is 6.20. The number of carbonyl (C=O) groups excluding carboxylic acids is 2. The van der Waals surface area contributed by atoms with Gasteiger partial charge < -0.3 is 5.32 Å². The molecule has 0 bridgehead atoms. The zero-order chi connectivity index (χ0) is 23.2. The number of halogens is 2. The molecule has 0 radical (unpaired) electrons. The van der Waals surface area contributed by atoms with E-state index in [1.165, 1.54) is 11.8 Å². The lowest BCUT2D eigenvalue weighted by Crippen LogP contribution is -2.46. The molecule has 1 heterocycles. The van der Waals surface area contributed by atoms with Crippen molar-refractivity contribution in [2.75, 3.05) is 11.9 Å². The van der Waals surface area contributed by atoms with Crippen molar-refractivity contribution in [3.05, 3.63) is 94.5 Å². The molecule has 1 fully saturated rings. The van der Waals surface area contributed by atoms with Gasteiger partial charge in [0.05, 0.1) is 16.4 Å². The number of para-hydroxylation sites is 1. The number of carbonyl (C=O) groups is 2. The Morgan fingerprint density at radius 2 is 1.79 bits per heavy atom. The van der Waals surface area contributed by atoms with Gasteiger partial charge in [-0.25, -0.2) is 4.99 Å². The fourth-order valence-electron chi connectivity index (χ4n) is 3.38. The molecule has 1 atom stereocenters. The summed E-state index contributed by atoms with van der Waals surface area (Å²) in [6.45, 7) is 0.466. The second kappa shape index (κ2) is 10.9. The van der Waals surface area contributed by atoms with Crippen molar-refractivity contribution in [3.8, 4) is 0 Å². The van der Waals surface area contributed by atoms with Crippen LogP contribution in [0.25, 0.3) is 0 Å². The number of aliphatic imine (C=N–C) groups is 1. The number of amides is 2. The lowest BCUT2D eigenvalue weighted by atomic mass is 10.1. The van der Waals surface area contributed by atoms with Crippen LogP contribution in [0.2, 0.25) is 10.0 Å². The Hall–Kier alpha value is -2.80. The molecule has 1 unspecified atom stereocenters. The fourth-order valence-corrected chi connectivity index (χ4v) is 4.87.